The van der Waals surface area contributed by atoms with Crippen molar-refractivity contribution in [1.29, 1.82) is 0 Å². The maximum absolute atomic E-state index is 4.04. The lowest BCUT2D eigenvalue weighted by Crippen LogP contribution is -2.38. The van der Waals surface area contributed by atoms with Gasteiger partial charge in [-0.05, 0) is 39.3 Å². The molecule has 0 aromatic carbocycles. The van der Waals surface area contributed by atoms with E-state index in [9.17, 15) is 0 Å². The predicted octanol–water partition coefficient (Wildman–Crippen LogP) is 2.35. The van der Waals surface area contributed by atoms with E-state index < -0.39 is 0 Å². The maximum atomic E-state index is 4.04. The van der Waals surface area contributed by atoms with Crippen molar-refractivity contribution in [2.24, 2.45) is 0 Å². The van der Waals surface area contributed by atoms with Crippen LogP contribution in [0.25, 0.3) is 0 Å². The van der Waals surface area contributed by atoms with Crippen molar-refractivity contribution in [2.45, 2.75) is 45.2 Å². The number of piperidine rings is 1. The van der Waals surface area contributed by atoms with Gasteiger partial charge in [-0.3, -0.25) is 10.00 Å². The van der Waals surface area contributed by atoms with E-state index in [1.807, 2.05) is 6.20 Å². The molecule has 0 aliphatic carbocycles. The third-order valence-electron chi connectivity index (χ3n) is 3.09. The Hall–Kier alpha value is -0.830. The first-order chi connectivity index (χ1) is 6.79. The molecule has 0 spiro atoms. The smallest absolute Gasteiger partial charge is 0.0523 e. The Balaban J connectivity index is 2.14. The lowest BCUT2D eigenvalue weighted by Gasteiger charge is -2.37. The average Bonchev–Trinajstić information content (AvgIpc) is 2.70. The molecule has 78 valence electrons. The van der Waals surface area contributed by atoms with Crippen molar-refractivity contribution in [3.63, 3.8) is 0 Å². The van der Waals surface area contributed by atoms with Crippen LogP contribution in [0.1, 0.15) is 44.8 Å². The Bertz CT molecular complexity index is 266. The molecule has 1 saturated heterocycles. The summed E-state index contributed by atoms with van der Waals surface area (Å²) in [5.74, 6) is 0. The summed E-state index contributed by atoms with van der Waals surface area (Å²) in [6, 6.07) is 3.29. The number of H-pyrrole nitrogens is 1. The highest BCUT2D eigenvalue weighted by molar-refractivity contribution is 5.06. The fraction of sp³-hybridized carbons (Fsp3) is 0.727. The summed E-state index contributed by atoms with van der Waals surface area (Å²) in [6.45, 7) is 5.77. The van der Waals surface area contributed by atoms with Crippen LogP contribution in [0, 0.1) is 0 Å². The highest BCUT2D eigenvalue weighted by atomic mass is 15.2. The molecule has 3 nitrogen and oxygen atoms in total. The van der Waals surface area contributed by atoms with Gasteiger partial charge in [-0.1, -0.05) is 6.42 Å². The van der Waals surface area contributed by atoms with Gasteiger partial charge < -0.3 is 0 Å². The Morgan fingerprint density at radius 2 is 2.36 bits per heavy atom. The molecule has 1 fully saturated rings. The molecule has 2 heterocycles. The quantitative estimate of drug-likeness (QED) is 0.781. The summed E-state index contributed by atoms with van der Waals surface area (Å²) in [6.07, 6.45) is 5.79. The minimum Gasteiger partial charge on any atom is -0.292 e. The van der Waals surface area contributed by atoms with Crippen LogP contribution in [-0.2, 0) is 0 Å². The summed E-state index contributed by atoms with van der Waals surface area (Å²) in [4.78, 5) is 2.57. The zero-order valence-corrected chi connectivity index (χ0v) is 9.03. The monoisotopic (exact) mass is 193 g/mol. The van der Waals surface area contributed by atoms with Gasteiger partial charge in [0.05, 0.1) is 11.7 Å². The molecule has 1 aliphatic rings. The minimum atomic E-state index is 0.561. The lowest BCUT2D eigenvalue weighted by molar-refractivity contribution is 0.109. The molecule has 1 unspecified atom stereocenters. The molecular formula is C11H19N3. The number of aromatic nitrogens is 2. The summed E-state index contributed by atoms with van der Waals surface area (Å²) in [5, 5.41) is 7.14. The van der Waals surface area contributed by atoms with E-state index in [0.29, 0.717) is 12.1 Å². The van der Waals surface area contributed by atoms with Crippen LogP contribution in [0.2, 0.25) is 0 Å². The van der Waals surface area contributed by atoms with Crippen molar-refractivity contribution >= 4 is 0 Å². The molecule has 14 heavy (non-hydrogen) atoms. The van der Waals surface area contributed by atoms with Crippen molar-refractivity contribution in [3.05, 3.63) is 18.0 Å². The fourth-order valence-corrected chi connectivity index (χ4v) is 2.36. The van der Waals surface area contributed by atoms with Crippen LogP contribution in [0.4, 0.5) is 0 Å². The Kier molecular flexibility index (Phi) is 2.87. The molecular weight excluding hydrogens is 174 g/mol. The molecule has 1 aliphatic heterocycles. The number of aromatic amines is 1. The Morgan fingerprint density at radius 1 is 1.50 bits per heavy atom. The number of likely N-dealkylation sites (tertiary alicyclic amines) is 1. The van der Waals surface area contributed by atoms with Crippen molar-refractivity contribution < 1.29 is 0 Å². The molecule has 0 bridgehead atoms. The molecule has 3 heteroatoms. The third kappa shape index (κ3) is 1.82. The first kappa shape index (κ1) is 9.71. The lowest BCUT2D eigenvalue weighted by atomic mass is 9.98. The van der Waals surface area contributed by atoms with Gasteiger partial charge >= 0.3 is 0 Å². The topological polar surface area (TPSA) is 31.9 Å². The number of rotatable bonds is 2. The third-order valence-corrected chi connectivity index (χ3v) is 3.09. The van der Waals surface area contributed by atoms with E-state index >= 15 is 0 Å². The first-order valence-corrected chi connectivity index (χ1v) is 5.54. The normalized spacial score (nSPS) is 24.4. The van der Waals surface area contributed by atoms with Gasteiger partial charge in [-0.15, -0.1) is 0 Å². The number of hydrogen-bond donors (Lipinski definition) is 1. The van der Waals surface area contributed by atoms with Crippen molar-refractivity contribution in [3.8, 4) is 0 Å². The number of nitrogens with zero attached hydrogens (tertiary/aromatic N) is 2. The molecule has 1 aromatic rings. The van der Waals surface area contributed by atoms with Gasteiger partial charge in [0, 0.05) is 12.2 Å². The number of hydrogen-bond acceptors (Lipinski definition) is 2. The van der Waals surface area contributed by atoms with E-state index in [-0.39, 0.29) is 0 Å². The molecule has 1 atom stereocenters. The zero-order valence-electron chi connectivity index (χ0n) is 9.03. The summed E-state index contributed by atoms with van der Waals surface area (Å²) in [7, 11) is 0. The van der Waals surface area contributed by atoms with Crippen LogP contribution in [0.15, 0.2) is 12.3 Å². The molecule has 1 N–H and O–H groups in total. The Labute approximate surface area is 85.5 Å². The van der Waals surface area contributed by atoms with E-state index in [1.165, 1.54) is 31.5 Å². The molecule has 1 aromatic heterocycles. The summed E-state index contributed by atoms with van der Waals surface area (Å²) in [5.41, 5.74) is 1.28. The van der Waals surface area contributed by atoms with Crippen LogP contribution in [0.3, 0.4) is 0 Å². The van der Waals surface area contributed by atoms with Gasteiger partial charge in [0.1, 0.15) is 0 Å². The molecule has 2 rings (SSSR count). The molecule has 0 amide bonds. The fourth-order valence-electron chi connectivity index (χ4n) is 2.36. The summed E-state index contributed by atoms with van der Waals surface area (Å²) < 4.78 is 0. The summed E-state index contributed by atoms with van der Waals surface area (Å²) >= 11 is 0. The van der Waals surface area contributed by atoms with Crippen LogP contribution in [-0.4, -0.2) is 27.7 Å². The largest absolute Gasteiger partial charge is 0.292 e. The maximum Gasteiger partial charge on any atom is 0.0523 e. The first-order valence-electron chi connectivity index (χ1n) is 5.54. The van der Waals surface area contributed by atoms with Crippen LogP contribution < -0.4 is 0 Å². The molecule has 0 radical (unpaired) electrons. The van der Waals surface area contributed by atoms with E-state index in [1.54, 1.807) is 0 Å². The molecule has 0 saturated carbocycles. The average molecular weight is 193 g/mol. The second-order valence-electron chi connectivity index (χ2n) is 4.36. The van der Waals surface area contributed by atoms with Gasteiger partial charge in [-0.25, -0.2) is 0 Å². The van der Waals surface area contributed by atoms with Crippen molar-refractivity contribution in [1.82, 2.24) is 15.1 Å². The highest BCUT2D eigenvalue weighted by Gasteiger charge is 2.26. The van der Waals surface area contributed by atoms with Crippen LogP contribution >= 0.6 is 0 Å². The van der Waals surface area contributed by atoms with Gasteiger partial charge in [0.25, 0.3) is 0 Å². The Morgan fingerprint density at radius 3 is 3.00 bits per heavy atom. The van der Waals surface area contributed by atoms with E-state index in [2.05, 4.69) is 35.0 Å². The SMILES string of the molecule is CC(C)N1CCCCC1c1ccn[nH]1. The van der Waals surface area contributed by atoms with E-state index in [4.69, 9.17) is 0 Å². The van der Waals surface area contributed by atoms with E-state index in [0.717, 1.165) is 0 Å². The minimum absolute atomic E-state index is 0.561. The second kappa shape index (κ2) is 4.13. The van der Waals surface area contributed by atoms with Crippen molar-refractivity contribution in [2.75, 3.05) is 6.54 Å². The highest BCUT2D eigenvalue weighted by Crippen LogP contribution is 2.30. The standard InChI is InChI=1S/C11H19N3/c1-9(2)14-8-4-3-5-11(14)10-6-7-12-13-10/h6-7,9,11H,3-5,8H2,1-2H3,(H,12,13). The van der Waals surface area contributed by atoms with Gasteiger partial charge in [0.15, 0.2) is 0 Å². The van der Waals surface area contributed by atoms with Gasteiger partial charge in [0.2, 0.25) is 0 Å². The predicted molar refractivity (Wildman–Crippen MR) is 57.0 cm³/mol. The van der Waals surface area contributed by atoms with Gasteiger partial charge in [-0.2, -0.15) is 5.10 Å². The van der Waals surface area contributed by atoms with Crippen LogP contribution in [0.5, 0.6) is 0 Å². The number of nitrogens with one attached hydrogen (secondary N) is 1. The zero-order chi connectivity index (χ0) is 9.97. The second-order valence-corrected chi connectivity index (χ2v) is 4.36.